The second-order valence-electron chi connectivity index (χ2n) is 8.78. The number of carbonyl (C=O) groups is 1. The molecule has 1 fully saturated rings. The minimum absolute atomic E-state index is 0.147. The number of halogens is 3. The van der Waals surface area contributed by atoms with Gasteiger partial charge in [-0.2, -0.15) is 9.78 Å². The molecule has 0 amide bonds. The highest BCUT2D eigenvalue weighted by Gasteiger charge is 2.24. The molecular weight excluding hydrogens is 674 g/mol. The summed E-state index contributed by atoms with van der Waals surface area (Å²) in [6.07, 6.45) is 5.77. The van der Waals surface area contributed by atoms with Crippen molar-refractivity contribution in [2.45, 2.75) is 58.0 Å². The van der Waals surface area contributed by atoms with Gasteiger partial charge in [-0.1, -0.05) is 35.2 Å². The highest BCUT2D eigenvalue weighted by molar-refractivity contribution is 9.13. The van der Waals surface area contributed by atoms with Crippen LogP contribution in [-0.2, 0) is 4.79 Å². The number of rotatable bonds is 8. The number of aliphatic carboxylic acids is 1. The average molecular weight is 700 g/mol. The summed E-state index contributed by atoms with van der Waals surface area (Å²) >= 11 is 10.5. The molecule has 1 atom stereocenters. The lowest BCUT2D eigenvalue weighted by Gasteiger charge is -2.23. The van der Waals surface area contributed by atoms with Gasteiger partial charge in [0.2, 0.25) is 0 Å². The number of nitrogens with zero attached hydrogens (tertiary/aromatic N) is 3. The molecule has 1 aromatic heterocycles. The van der Waals surface area contributed by atoms with Crippen molar-refractivity contribution in [3.63, 3.8) is 0 Å². The molecule has 11 heteroatoms. The topological polar surface area (TPSA) is 103 Å². The van der Waals surface area contributed by atoms with Crippen LogP contribution >= 0.6 is 47.8 Å². The fourth-order valence-electron chi connectivity index (χ4n) is 4.32. The molecule has 8 nitrogen and oxygen atoms in total. The maximum Gasteiger partial charge on any atom is 0.344 e. The Kier molecular flexibility index (Phi) is 9.07. The minimum atomic E-state index is -1.10. The summed E-state index contributed by atoms with van der Waals surface area (Å²) in [5.41, 5.74) is 1.02. The number of fused-ring (bicyclic) bond motifs is 1. The lowest BCUT2D eigenvalue weighted by Crippen LogP contribution is -2.25. The summed E-state index contributed by atoms with van der Waals surface area (Å²) in [5.74, 6) is 0.326. The second kappa shape index (κ2) is 12.1. The van der Waals surface area contributed by atoms with Gasteiger partial charge in [-0.25, -0.2) is 9.78 Å². The lowest BCUT2D eigenvalue weighted by molar-refractivity contribution is -0.144. The third-order valence-electron chi connectivity index (χ3n) is 6.21. The molecule has 0 saturated heterocycles. The summed E-state index contributed by atoms with van der Waals surface area (Å²) in [6, 6.07) is 7.19. The van der Waals surface area contributed by atoms with E-state index < -0.39 is 12.1 Å². The van der Waals surface area contributed by atoms with Gasteiger partial charge in [0.25, 0.3) is 5.56 Å². The van der Waals surface area contributed by atoms with Gasteiger partial charge in [-0.3, -0.25) is 4.79 Å². The molecule has 1 heterocycles. The Morgan fingerprint density at radius 2 is 1.95 bits per heavy atom. The van der Waals surface area contributed by atoms with Crippen LogP contribution in [-0.4, -0.2) is 39.7 Å². The van der Waals surface area contributed by atoms with E-state index >= 15 is 0 Å². The van der Waals surface area contributed by atoms with Gasteiger partial charge in [-0.15, -0.1) is 0 Å². The van der Waals surface area contributed by atoms with E-state index in [4.69, 9.17) is 14.5 Å². The molecule has 0 unspecified atom stereocenters. The maximum absolute atomic E-state index is 13.6. The smallest absolute Gasteiger partial charge is 0.344 e. The van der Waals surface area contributed by atoms with E-state index in [1.165, 1.54) is 18.0 Å². The van der Waals surface area contributed by atoms with Crippen LogP contribution in [0.5, 0.6) is 11.5 Å². The summed E-state index contributed by atoms with van der Waals surface area (Å²) in [7, 11) is 0. The molecular formula is C26H26Br3N3O5. The SMILES string of the molecule is CCOc1cc(C=Nn2c(C3CCCCC3)nc3ccc(Br)cc3c2=O)c(Br)c(Br)c1O[C@@H](C)C(=O)O. The van der Waals surface area contributed by atoms with Crippen molar-refractivity contribution in [2.75, 3.05) is 6.61 Å². The van der Waals surface area contributed by atoms with E-state index in [2.05, 4.69) is 52.9 Å². The zero-order valence-electron chi connectivity index (χ0n) is 20.3. The van der Waals surface area contributed by atoms with Gasteiger partial charge >= 0.3 is 5.97 Å². The Labute approximate surface area is 239 Å². The molecule has 1 aliphatic rings. The van der Waals surface area contributed by atoms with E-state index in [1.54, 1.807) is 18.3 Å². The molecule has 0 bridgehead atoms. The highest BCUT2D eigenvalue weighted by Crippen LogP contribution is 2.43. The van der Waals surface area contributed by atoms with Crippen LogP contribution in [0.15, 0.2) is 47.6 Å². The number of carboxylic acids is 1. The fourth-order valence-corrected chi connectivity index (χ4v) is 5.60. The summed E-state index contributed by atoms with van der Waals surface area (Å²) in [4.78, 5) is 29.8. The maximum atomic E-state index is 13.6. The molecule has 2 aromatic carbocycles. The van der Waals surface area contributed by atoms with Crippen LogP contribution < -0.4 is 15.0 Å². The quantitative estimate of drug-likeness (QED) is 0.258. The normalized spacial score (nSPS) is 15.3. The molecule has 0 radical (unpaired) electrons. The van der Waals surface area contributed by atoms with Crippen LogP contribution in [0.3, 0.4) is 0 Å². The fraction of sp³-hybridized carbons (Fsp3) is 0.385. The van der Waals surface area contributed by atoms with Gasteiger partial charge in [0.05, 0.1) is 28.2 Å². The monoisotopic (exact) mass is 697 g/mol. The van der Waals surface area contributed by atoms with Crippen molar-refractivity contribution < 1.29 is 19.4 Å². The van der Waals surface area contributed by atoms with E-state index in [-0.39, 0.29) is 17.2 Å². The average Bonchev–Trinajstić information content (AvgIpc) is 2.89. The third-order valence-corrected chi connectivity index (χ3v) is 8.85. The first-order chi connectivity index (χ1) is 17.7. The predicted molar refractivity (Wildman–Crippen MR) is 153 cm³/mol. The molecule has 0 spiro atoms. The van der Waals surface area contributed by atoms with Crippen molar-refractivity contribution in [1.29, 1.82) is 0 Å². The molecule has 1 aliphatic carbocycles. The standard InChI is InChI=1S/C26H26Br3N3O5/c1-3-36-20-11-16(21(28)22(29)23(20)37-14(2)26(34)35)13-30-32-24(15-7-5-4-6-8-15)31-19-10-9-17(27)12-18(19)25(32)33/h9-15H,3-8H2,1-2H3,(H,34,35)/t14-/m0/s1. The zero-order valence-corrected chi connectivity index (χ0v) is 25.1. The Morgan fingerprint density at radius 3 is 2.62 bits per heavy atom. The summed E-state index contributed by atoms with van der Waals surface area (Å²) in [6.45, 7) is 3.61. The first-order valence-electron chi connectivity index (χ1n) is 12.0. The number of aromatic nitrogens is 2. The van der Waals surface area contributed by atoms with Gasteiger partial charge in [-0.05, 0) is 82.8 Å². The zero-order chi connectivity index (χ0) is 26.7. The van der Waals surface area contributed by atoms with E-state index in [0.29, 0.717) is 43.6 Å². The molecule has 196 valence electrons. The Bertz CT molecular complexity index is 1420. The van der Waals surface area contributed by atoms with Crippen molar-refractivity contribution in [3.8, 4) is 11.5 Å². The van der Waals surface area contributed by atoms with E-state index in [9.17, 15) is 14.7 Å². The summed E-state index contributed by atoms with van der Waals surface area (Å²) < 4.78 is 14.6. The van der Waals surface area contributed by atoms with Crippen molar-refractivity contribution in [3.05, 3.63) is 59.4 Å². The van der Waals surface area contributed by atoms with Crippen LogP contribution in [0.1, 0.15) is 63.3 Å². The lowest BCUT2D eigenvalue weighted by atomic mass is 9.88. The molecule has 37 heavy (non-hydrogen) atoms. The second-order valence-corrected chi connectivity index (χ2v) is 11.3. The van der Waals surface area contributed by atoms with Gasteiger partial charge < -0.3 is 14.6 Å². The van der Waals surface area contributed by atoms with Crippen molar-refractivity contribution in [1.82, 2.24) is 9.66 Å². The number of hydrogen-bond donors (Lipinski definition) is 1. The molecule has 1 saturated carbocycles. The van der Waals surface area contributed by atoms with Gasteiger partial charge in [0.15, 0.2) is 17.6 Å². The third kappa shape index (κ3) is 6.09. The molecule has 0 aliphatic heterocycles. The number of benzene rings is 2. The summed E-state index contributed by atoms with van der Waals surface area (Å²) in [5, 5.41) is 14.4. The molecule has 1 N–H and O–H groups in total. The van der Waals surface area contributed by atoms with Crippen LogP contribution in [0.4, 0.5) is 0 Å². The first-order valence-corrected chi connectivity index (χ1v) is 14.4. The predicted octanol–water partition coefficient (Wildman–Crippen LogP) is 6.86. The number of ether oxygens (including phenoxy) is 2. The van der Waals surface area contributed by atoms with Gasteiger partial charge in [0, 0.05) is 20.4 Å². The Hall–Kier alpha value is -2.24. The van der Waals surface area contributed by atoms with E-state index in [0.717, 1.165) is 30.2 Å². The van der Waals surface area contributed by atoms with Crippen LogP contribution in [0.2, 0.25) is 0 Å². The number of carboxylic acid groups (broad SMARTS) is 1. The largest absolute Gasteiger partial charge is 0.490 e. The first kappa shape index (κ1) is 27.8. The van der Waals surface area contributed by atoms with E-state index in [1.807, 2.05) is 19.1 Å². The van der Waals surface area contributed by atoms with Crippen molar-refractivity contribution in [2.24, 2.45) is 5.10 Å². The van der Waals surface area contributed by atoms with Crippen LogP contribution in [0, 0.1) is 0 Å². The Morgan fingerprint density at radius 1 is 1.22 bits per heavy atom. The van der Waals surface area contributed by atoms with Crippen LogP contribution in [0.25, 0.3) is 10.9 Å². The number of hydrogen-bond acceptors (Lipinski definition) is 6. The van der Waals surface area contributed by atoms with Crippen molar-refractivity contribution >= 4 is 70.9 Å². The molecule has 3 aromatic rings. The molecule has 4 rings (SSSR count). The Balaban J connectivity index is 1.83. The van der Waals surface area contributed by atoms with Gasteiger partial charge in [0.1, 0.15) is 5.82 Å². The highest BCUT2D eigenvalue weighted by atomic mass is 79.9. The minimum Gasteiger partial charge on any atom is -0.490 e.